The summed E-state index contributed by atoms with van der Waals surface area (Å²) >= 11 is 0. The van der Waals surface area contributed by atoms with Crippen molar-refractivity contribution in [2.45, 2.75) is 58.6 Å². The summed E-state index contributed by atoms with van der Waals surface area (Å²) in [4.78, 5) is 2.56. The Morgan fingerprint density at radius 2 is 2.07 bits per heavy atom. The van der Waals surface area contributed by atoms with E-state index in [-0.39, 0.29) is 11.5 Å². The molecule has 1 aliphatic carbocycles. The van der Waals surface area contributed by atoms with E-state index in [0.29, 0.717) is 5.92 Å². The van der Waals surface area contributed by atoms with Crippen LogP contribution in [-0.2, 0) is 0 Å². The van der Waals surface area contributed by atoms with Crippen LogP contribution in [0.1, 0.15) is 46.5 Å². The highest BCUT2D eigenvalue weighted by Gasteiger charge is 2.41. The zero-order valence-electron chi connectivity index (χ0n) is 10.4. The second kappa shape index (κ2) is 4.06. The first-order valence-corrected chi connectivity index (χ1v) is 6.43. The van der Waals surface area contributed by atoms with E-state index >= 15 is 0 Å². The highest BCUT2D eigenvalue weighted by Crippen LogP contribution is 2.42. The summed E-state index contributed by atoms with van der Waals surface area (Å²) in [7, 11) is 0. The average molecular weight is 211 g/mol. The lowest BCUT2D eigenvalue weighted by Crippen LogP contribution is -2.38. The molecule has 1 saturated heterocycles. The molecular weight excluding hydrogens is 186 g/mol. The van der Waals surface area contributed by atoms with Crippen molar-refractivity contribution in [1.82, 2.24) is 4.90 Å². The molecule has 2 heteroatoms. The van der Waals surface area contributed by atoms with E-state index in [9.17, 15) is 5.11 Å². The van der Waals surface area contributed by atoms with E-state index < -0.39 is 0 Å². The summed E-state index contributed by atoms with van der Waals surface area (Å²) in [5.41, 5.74) is 0.146. The van der Waals surface area contributed by atoms with E-state index in [1.165, 1.54) is 32.2 Å². The number of nitrogens with zero attached hydrogens (tertiary/aromatic N) is 1. The lowest BCUT2D eigenvalue weighted by Gasteiger charge is -2.30. The monoisotopic (exact) mass is 211 g/mol. The van der Waals surface area contributed by atoms with Crippen molar-refractivity contribution < 1.29 is 5.11 Å². The highest BCUT2D eigenvalue weighted by molar-refractivity contribution is 4.93. The van der Waals surface area contributed by atoms with Gasteiger partial charge in [-0.2, -0.15) is 0 Å². The first-order chi connectivity index (χ1) is 7.00. The summed E-state index contributed by atoms with van der Waals surface area (Å²) < 4.78 is 0. The van der Waals surface area contributed by atoms with Crippen molar-refractivity contribution >= 4 is 0 Å². The summed E-state index contributed by atoms with van der Waals surface area (Å²) in [5, 5.41) is 10.2. The summed E-state index contributed by atoms with van der Waals surface area (Å²) in [6.07, 6.45) is 4.98. The zero-order chi connectivity index (χ0) is 11.1. The fourth-order valence-corrected chi connectivity index (χ4v) is 3.26. The number of aliphatic hydroxyl groups is 1. The number of aliphatic hydroxyl groups excluding tert-OH is 1. The molecule has 88 valence electrons. The number of hydrogen-bond acceptors (Lipinski definition) is 2. The maximum absolute atomic E-state index is 10.2. The van der Waals surface area contributed by atoms with Crippen LogP contribution >= 0.6 is 0 Å². The Morgan fingerprint density at radius 3 is 2.53 bits per heavy atom. The molecule has 2 aliphatic rings. The van der Waals surface area contributed by atoms with Gasteiger partial charge in [0.05, 0.1) is 6.10 Å². The SMILES string of the molecule is CC1CCCN1CC1CCC(C)(C)C1O. The Balaban J connectivity index is 1.90. The largest absolute Gasteiger partial charge is 0.392 e. The Hall–Kier alpha value is -0.0800. The molecule has 0 spiro atoms. The molecule has 15 heavy (non-hydrogen) atoms. The Bertz CT molecular complexity index is 227. The van der Waals surface area contributed by atoms with Gasteiger partial charge in [-0.3, -0.25) is 0 Å². The Morgan fingerprint density at radius 1 is 1.33 bits per heavy atom. The summed E-state index contributed by atoms with van der Waals surface area (Å²) in [5.74, 6) is 0.514. The third-order valence-electron chi connectivity index (χ3n) is 4.57. The third kappa shape index (κ3) is 2.21. The molecule has 0 aromatic rings. The maximum Gasteiger partial charge on any atom is 0.0631 e. The van der Waals surface area contributed by atoms with Crippen molar-refractivity contribution in [3.8, 4) is 0 Å². The highest BCUT2D eigenvalue weighted by atomic mass is 16.3. The van der Waals surface area contributed by atoms with Crippen LogP contribution in [0.5, 0.6) is 0 Å². The van der Waals surface area contributed by atoms with Crippen LogP contribution in [0.3, 0.4) is 0 Å². The van der Waals surface area contributed by atoms with Gasteiger partial charge in [0.1, 0.15) is 0 Å². The second-order valence-corrected chi connectivity index (χ2v) is 6.22. The van der Waals surface area contributed by atoms with Gasteiger partial charge in [-0.25, -0.2) is 0 Å². The van der Waals surface area contributed by atoms with Crippen LogP contribution in [-0.4, -0.2) is 35.2 Å². The third-order valence-corrected chi connectivity index (χ3v) is 4.57. The lowest BCUT2D eigenvalue weighted by molar-refractivity contribution is 0.0318. The van der Waals surface area contributed by atoms with Crippen LogP contribution in [0, 0.1) is 11.3 Å². The fraction of sp³-hybridized carbons (Fsp3) is 1.00. The van der Waals surface area contributed by atoms with Gasteiger partial charge in [-0.15, -0.1) is 0 Å². The minimum Gasteiger partial charge on any atom is -0.392 e. The van der Waals surface area contributed by atoms with Crippen LogP contribution in [0.15, 0.2) is 0 Å². The molecule has 2 fully saturated rings. The molecule has 3 unspecified atom stereocenters. The predicted molar refractivity (Wildman–Crippen MR) is 62.8 cm³/mol. The first-order valence-electron chi connectivity index (χ1n) is 6.43. The van der Waals surface area contributed by atoms with E-state index in [0.717, 1.165) is 12.6 Å². The van der Waals surface area contributed by atoms with Crippen LogP contribution < -0.4 is 0 Å². The predicted octanol–water partition coefficient (Wildman–Crippen LogP) is 2.27. The van der Waals surface area contributed by atoms with Gasteiger partial charge < -0.3 is 10.0 Å². The molecule has 0 bridgehead atoms. The molecule has 1 N–H and O–H groups in total. The van der Waals surface area contributed by atoms with Gasteiger partial charge in [0.15, 0.2) is 0 Å². The molecule has 3 atom stereocenters. The molecular formula is C13H25NO. The minimum absolute atomic E-state index is 0.0923. The molecule has 1 saturated carbocycles. The Kier molecular flexibility index (Phi) is 3.09. The topological polar surface area (TPSA) is 23.5 Å². The Labute approximate surface area is 93.7 Å². The number of likely N-dealkylation sites (tertiary alicyclic amines) is 1. The summed E-state index contributed by atoms with van der Waals surface area (Å²) in [6, 6.07) is 0.737. The van der Waals surface area contributed by atoms with E-state index in [1.54, 1.807) is 0 Å². The molecule has 0 radical (unpaired) electrons. The number of rotatable bonds is 2. The lowest BCUT2D eigenvalue weighted by atomic mass is 9.87. The van der Waals surface area contributed by atoms with Gasteiger partial charge in [0.25, 0.3) is 0 Å². The van der Waals surface area contributed by atoms with E-state index in [2.05, 4.69) is 25.7 Å². The van der Waals surface area contributed by atoms with Gasteiger partial charge in [0.2, 0.25) is 0 Å². The zero-order valence-corrected chi connectivity index (χ0v) is 10.4. The molecule has 2 nitrogen and oxygen atoms in total. The van der Waals surface area contributed by atoms with Crippen molar-refractivity contribution in [3.63, 3.8) is 0 Å². The van der Waals surface area contributed by atoms with Crippen molar-refractivity contribution in [2.24, 2.45) is 11.3 Å². The first kappa shape index (κ1) is 11.4. The van der Waals surface area contributed by atoms with Gasteiger partial charge in [0, 0.05) is 12.6 Å². The maximum atomic E-state index is 10.2. The average Bonchev–Trinajstić information content (AvgIpc) is 2.66. The minimum atomic E-state index is -0.0923. The van der Waals surface area contributed by atoms with E-state index in [1.807, 2.05) is 0 Å². The van der Waals surface area contributed by atoms with Crippen LogP contribution in [0.4, 0.5) is 0 Å². The smallest absolute Gasteiger partial charge is 0.0631 e. The second-order valence-electron chi connectivity index (χ2n) is 6.22. The van der Waals surface area contributed by atoms with Crippen LogP contribution in [0.2, 0.25) is 0 Å². The van der Waals surface area contributed by atoms with Gasteiger partial charge >= 0.3 is 0 Å². The van der Waals surface area contributed by atoms with Gasteiger partial charge in [-0.05, 0) is 50.5 Å². The quantitative estimate of drug-likeness (QED) is 0.757. The fourth-order valence-electron chi connectivity index (χ4n) is 3.26. The van der Waals surface area contributed by atoms with Gasteiger partial charge in [-0.1, -0.05) is 13.8 Å². The van der Waals surface area contributed by atoms with E-state index in [4.69, 9.17) is 0 Å². The summed E-state index contributed by atoms with van der Waals surface area (Å²) in [6.45, 7) is 9.08. The normalized spacial score (nSPS) is 41.2. The van der Waals surface area contributed by atoms with Crippen molar-refractivity contribution in [2.75, 3.05) is 13.1 Å². The number of hydrogen-bond donors (Lipinski definition) is 1. The van der Waals surface area contributed by atoms with Crippen LogP contribution in [0.25, 0.3) is 0 Å². The molecule has 0 aromatic heterocycles. The van der Waals surface area contributed by atoms with Crippen molar-refractivity contribution in [1.29, 1.82) is 0 Å². The molecule has 0 amide bonds. The standard InChI is InChI=1S/C13H25NO/c1-10-5-4-8-14(10)9-11-6-7-13(2,3)12(11)15/h10-12,15H,4-9H2,1-3H3. The van der Waals surface area contributed by atoms with Crippen molar-refractivity contribution in [3.05, 3.63) is 0 Å². The molecule has 2 rings (SSSR count). The molecule has 1 heterocycles. The molecule has 1 aliphatic heterocycles. The molecule has 0 aromatic carbocycles.